The number of amides is 1. The molecular weight excluding hydrogens is 278 g/mol. The summed E-state index contributed by atoms with van der Waals surface area (Å²) in [5.74, 6) is 1.11. The lowest BCUT2D eigenvalue weighted by Crippen LogP contribution is -2.37. The highest BCUT2D eigenvalue weighted by Crippen LogP contribution is 2.27. The molecule has 1 atom stereocenters. The van der Waals surface area contributed by atoms with E-state index < -0.39 is 6.10 Å². The van der Waals surface area contributed by atoms with Crippen LogP contribution in [-0.4, -0.2) is 31.1 Å². The summed E-state index contributed by atoms with van der Waals surface area (Å²) in [6, 6.07) is 17.2. The van der Waals surface area contributed by atoms with E-state index in [-0.39, 0.29) is 5.91 Å². The molecule has 0 saturated carbocycles. The number of carbonyl (C=O) groups is 1. The third-order valence-corrected chi connectivity index (χ3v) is 3.36. The Morgan fingerprint density at radius 3 is 2.27 bits per heavy atom. The van der Waals surface area contributed by atoms with Crippen molar-refractivity contribution in [3.05, 3.63) is 60.2 Å². The number of rotatable bonds is 6. The van der Waals surface area contributed by atoms with Gasteiger partial charge in [0.15, 0.2) is 17.6 Å². The molecule has 0 spiro atoms. The van der Waals surface area contributed by atoms with Crippen LogP contribution in [0.2, 0.25) is 0 Å². The van der Waals surface area contributed by atoms with Crippen molar-refractivity contribution in [2.24, 2.45) is 0 Å². The van der Waals surface area contributed by atoms with Crippen molar-refractivity contribution in [3.63, 3.8) is 0 Å². The predicted octanol–water partition coefficient (Wildman–Crippen LogP) is 3.12. The van der Waals surface area contributed by atoms with Crippen molar-refractivity contribution in [2.75, 3.05) is 14.2 Å². The topological polar surface area (TPSA) is 38.8 Å². The van der Waals surface area contributed by atoms with Crippen molar-refractivity contribution < 1.29 is 14.3 Å². The van der Waals surface area contributed by atoms with Crippen molar-refractivity contribution in [2.45, 2.75) is 19.6 Å². The minimum Gasteiger partial charge on any atom is -0.493 e. The second kappa shape index (κ2) is 7.50. The molecule has 2 rings (SSSR count). The van der Waals surface area contributed by atoms with E-state index in [1.807, 2.05) is 42.5 Å². The van der Waals surface area contributed by atoms with Crippen molar-refractivity contribution in [1.82, 2.24) is 4.90 Å². The lowest BCUT2D eigenvalue weighted by Gasteiger charge is -2.23. The summed E-state index contributed by atoms with van der Waals surface area (Å²) in [5.41, 5.74) is 1.09. The van der Waals surface area contributed by atoms with Gasteiger partial charge in [-0.25, -0.2) is 0 Å². The Balaban J connectivity index is 1.99. The Bertz CT molecular complexity index is 613. The van der Waals surface area contributed by atoms with Gasteiger partial charge in [0.05, 0.1) is 7.11 Å². The maximum Gasteiger partial charge on any atom is 0.263 e. The standard InChI is InChI=1S/C18H21NO3/c1-14(22-17-12-8-7-11-16(17)21-3)18(20)19(2)13-15-9-5-4-6-10-15/h4-12,14H,13H2,1-3H3/t14-/m1/s1. The fourth-order valence-corrected chi connectivity index (χ4v) is 2.20. The van der Waals surface area contributed by atoms with Crippen LogP contribution in [0.1, 0.15) is 12.5 Å². The van der Waals surface area contributed by atoms with Crippen molar-refractivity contribution in [3.8, 4) is 11.5 Å². The Labute approximate surface area is 131 Å². The molecule has 4 heteroatoms. The van der Waals surface area contributed by atoms with Gasteiger partial charge in [-0.05, 0) is 24.6 Å². The highest BCUT2D eigenvalue weighted by Gasteiger charge is 2.20. The first-order chi connectivity index (χ1) is 10.6. The van der Waals surface area contributed by atoms with Gasteiger partial charge in [-0.3, -0.25) is 4.79 Å². The van der Waals surface area contributed by atoms with Crippen LogP contribution < -0.4 is 9.47 Å². The molecule has 0 bridgehead atoms. The molecule has 0 unspecified atom stereocenters. The summed E-state index contributed by atoms with van der Waals surface area (Å²) < 4.78 is 11.0. The summed E-state index contributed by atoms with van der Waals surface area (Å²) in [4.78, 5) is 14.1. The summed E-state index contributed by atoms with van der Waals surface area (Å²) in [6.07, 6.45) is -0.579. The molecule has 0 aliphatic heterocycles. The molecule has 2 aromatic carbocycles. The van der Waals surface area contributed by atoms with Crippen LogP contribution in [0.5, 0.6) is 11.5 Å². The molecule has 2 aromatic rings. The number of ether oxygens (including phenoxy) is 2. The molecule has 0 heterocycles. The van der Waals surface area contributed by atoms with Crippen LogP contribution in [0.3, 0.4) is 0 Å². The quantitative estimate of drug-likeness (QED) is 0.822. The molecule has 0 radical (unpaired) electrons. The Kier molecular flexibility index (Phi) is 5.42. The summed E-state index contributed by atoms with van der Waals surface area (Å²) >= 11 is 0. The first kappa shape index (κ1) is 15.9. The molecule has 0 aliphatic carbocycles. The first-order valence-electron chi connectivity index (χ1n) is 7.20. The number of likely N-dealkylation sites (N-methyl/N-ethyl adjacent to an activating group) is 1. The molecule has 0 aliphatic rings. The highest BCUT2D eigenvalue weighted by molar-refractivity contribution is 5.80. The largest absolute Gasteiger partial charge is 0.493 e. The normalized spacial score (nSPS) is 11.6. The zero-order valence-electron chi connectivity index (χ0n) is 13.2. The summed E-state index contributed by atoms with van der Waals surface area (Å²) in [7, 11) is 3.35. The third kappa shape index (κ3) is 4.01. The number of benzene rings is 2. The van der Waals surface area contributed by atoms with Crippen LogP contribution >= 0.6 is 0 Å². The van der Waals surface area contributed by atoms with E-state index in [1.54, 1.807) is 38.1 Å². The molecule has 0 fully saturated rings. The molecule has 1 amide bonds. The third-order valence-electron chi connectivity index (χ3n) is 3.36. The minimum absolute atomic E-state index is 0.0743. The number of methoxy groups -OCH3 is 1. The highest BCUT2D eigenvalue weighted by atomic mass is 16.5. The number of carbonyl (C=O) groups excluding carboxylic acids is 1. The van der Waals surface area contributed by atoms with Crippen LogP contribution in [0.25, 0.3) is 0 Å². The van der Waals surface area contributed by atoms with E-state index >= 15 is 0 Å². The fourth-order valence-electron chi connectivity index (χ4n) is 2.20. The van der Waals surface area contributed by atoms with Gasteiger partial charge >= 0.3 is 0 Å². The lowest BCUT2D eigenvalue weighted by molar-refractivity contribution is -0.137. The molecular formula is C18H21NO3. The zero-order chi connectivity index (χ0) is 15.9. The first-order valence-corrected chi connectivity index (χ1v) is 7.20. The van der Waals surface area contributed by atoms with Crippen LogP contribution in [0, 0.1) is 0 Å². The maximum atomic E-state index is 12.4. The Hall–Kier alpha value is -2.49. The molecule has 0 N–H and O–H groups in total. The zero-order valence-corrected chi connectivity index (χ0v) is 13.2. The van der Waals surface area contributed by atoms with E-state index in [4.69, 9.17) is 9.47 Å². The molecule has 0 aromatic heterocycles. The van der Waals surface area contributed by atoms with E-state index in [2.05, 4.69) is 0 Å². The number of hydrogen-bond acceptors (Lipinski definition) is 3. The average Bonchev–Trinajstić information content (AvgIpc) is 2.55. The lowest BCUT2D eigenvalue weighted by atomic mass is 10.2. The van der Waals surface area contributed by atoms with Gasteiger partial charge in [-0.15, -0.1) is 0 Å². The van der Waals surface area contributed by atoms with Crippen molar-refractivity contribution in [1.29, 1.82) is 0 Å². The monoisotopic (exact) mass is 299 g/mol. The van der Waals surface area contributed by atoms with Gasteiger partial charge in [-0.1, -0.05) is 42.5 Å². The molecule has 116 valence electrons. The maximum absolute atomic E-state index is 12.4. The van der Waals surface area contributed by atoms with E-state index in [1.165, 1.54) is 0 Å². The van der Waals surface area contributed by atoms with Crippen LogP contribution in [0.15, 0.2) is 54.6 Å². The van der Waals surface area contributed by atoms with Gasteiger partial charge in [0.25, 0.3) is 5.91 Å². The van der Waals surface area contributed by atoms with E-state index in [9.17, 15) is 4.79 Å². The minimum atomic E-state index is -0.579. The molecule has 0 saturated heterocycles. The number of para-hydroxylation sites is 2. The van der Waals surface area contributed by atoms with Gasteiger partial charge in [0.2, 0.25) is 0 Å². The summed E-state index contributed by atoms with van der Waals surface area (Å²) in [6.45, 7) is 2.30. The van der Waals surface area contributed by atoms with E-state index in [0.717, 1.165) is 5.56 Å². The average molecular weight is 299 g/mol. The van der Waals surface area contributed by atoms with E-state index in [0.29, 0.717) is 18.0 Å². The Morgan fingerprint density at radius 2 is 1.64 bits per heavy atom. The number of nitrogens with zero attached hydrogens (tertiary/aromatic N) is 1. The smallest absolute Gasteiger partial charge is 0.263 e. The van der Waals surface area contributed by atoms with Crippen LogP contribution in [-0.2, 0) is 11.3 Å². The van der Waals surface area contributed by atoms with Gasteiger partial charge in [0, 0.05) is 13.6 Å². The van der Waals surface area contributed by atoms with Crippen LogP contribution in [0.4, 0.5) is 0 Å². The predicted molar refractivity (Wildman–Crippen MR) is 86.0 cm³/mol. The van der Waals surface area contributed by atoms with Gasteiger partial charge in [0.1, 0.15) is 0 Å². The molecule has 22 heavy (non-hydrogen) atoms. The molecule has 4 nitrogen and oxygen atoms in total. The van der Waals surface area contributed by atoms with Crippen molar-refractivity contribution >= 4 is 5.91 Å². The second-order valence-electron chi connectivity index (χ2n) is 5.09. The Morgan fingerprint density at radius 1 is 1.05 bits per heavy atom. The SMILES string of the molecule is COc1ccccc1O[C@H](C)C(=O)N(C)Cc1ccccc1. The summed E-state index contributed by atoms with van der Waals surface area (Å²) in [5, 5.41) is 0. The van der Waals surface area contributed by atoms with Gasteiger partial charge < -0.3 is 14.4 Å². The fraction of sp³-hybridized carbons (Fsp3) is 0.278. The number of hydrogen-bond donors (Lipinski definition) is 0. The van der Waals surface area contributed by atoms with Gasteiger partial charge in [-0.2, -0.15) is 0 Å². The second-order valence-corrected chi connectivity index (χ2v) is 5.09.